The van der Waals surface area contributed by atoms with Crippen LogP contribution in [0.25, 0.3) is 16.6 Å². The van der Waals surface area contributed by atoms with Gasteiger partial charge in [-0.25, -0.2) is 4.98 Å². The van der Waals surface area contributed by atoms with Gasteiger partial charge >= 0.3 is 0 Å². The number of nitrogens with one attached hydrogen (secondary N) is 1. The van der Waals surface area contributed by atoms with Gasteiger partial charge in [0.2, 0.25) is 0 Å². The number of carbonyl (C=O) groups is 1. The minimum Gasteiger partial charge on any atom is -0.489 e. The van der Waals surface area contributed by atoms with Gasteiger partial charge in [-0.2, -0.15) is 0 Å². The Morgan fingerprint density at radius 3 is 2.72 bits per heavy atom. The molecule has 1 heterocycles. The number of aromatic nitrogens is 2. The van der Waals surface area contributed by atoms with Crippen molar-refractivity contribution < 1.29 is 9.53 Å². The summed E-state index contributed by atoms with van der Waals surface area (Å²) in [6.07, 6.45) is 0.862. The van der Waals surface area contributed by atoms with Gasteiger partial charge in [0.1, 0.15) is 18.2 Å². The molecule has 0 aliphatic carbocycles. The largest absolute Gasteiger partial charge is 0.489 e. The van der Waals surface area contributed by atoms with E-state index >= 15 is 0 Å². The van der Waals surface area contributed by atoms with Crippen molar-refractivity contribution in [1.29, 1.82) is 0 Å². The van der Waals surface area contributed by atoms with Crippen molar-refractivity contribution in [3.63, 3.8) is 0 Å². The van der Waals surface area contributed by atoms with Crippen molar-refractivity contribution >= 4 is 16.8 Å². The molecule has 0 fully saturated rings. The van der Waals surface area contributed by atoms with Crippen molar-refractivity contribution in [3.05, 3.63) is 76.4 Å². The van der Waals surface area contributed by atoms with Crippen LogP contribution in [0.2, 0.25) is 0 Å². The number of fused-ring (bicyclic) bond motifs is 1. The Hall–Kier alpha value is -3.45. The maximum atomic E-state index is 13.3. The van der Waals surface area contributed by atoms with Crippen LogP contribution in [0.15, 0.2) is 59.4 Å². The van der Waals surface area contributed by atoms with Gasteiger partial charge in [-0.1, -0.05) is 12.6 Å². The molecule has 168 valence electrons. The number of carbonyl (C=O) groups excluding carboxylic acids is 1. The molecule has 0 bridgehead atoms. The lowest BCUT2D eigenvalue weighted by Crippen LogP contribution is -2.27. The van der Waals surface area contributed by atoms with Crippen LogP contribution in [0.4, 0.5) is 0 Å². The van der Waals surface area contributed by atoms with E-state index in [0.29, 0.717) is 46.9 Å². The first-order valence-corrected chi connectivity index (χ1v) is 10.6. The van der Waals surface area contributed by atoms with E-state index < -0.39 is 0 Å². The lowest BCUT2D eigenvalue weighted by molar-refractivity contribution is 0.0952. The van der Waals surface area contributed by atoms with Crippen LogP contribution < -0.4 is 15.6 Å². The number of nitrogens with zero attached hydrogens (tertiary/aromatic N) is 3. The summed E-state index contributed by atoms with van der Waals surface area (Å²) < 4.78 is 7.21. The van der Waals surface area contributed by atoms with Gasteiger partial charge in [-0.3, -0.25) is 14.2 Å². The van der Waals surface area contributed by atoms with E-state index in [0.717, 1.165) is 18.5 Å². The monoisotopic (exact) mass is 434 g/mol. The van der Waals surface area contributed by atoms with E-state index in [9.17, 15) is 9.59 Å². The van der Waals surface area contributed by atoms with Gasteiger partial charge in [0.15, 0.2) is 0 Å². The number of ether oxygens (including phenoxy) is 1. The highest BCUT2D eigenvalue weighted by atomic mass is 16.5. The fourth-order valence-corrected chi connectivity index (χ4v) is 3.36. The number of amides is 1. The van der Waals surface area contributed by atoms with Crippen molar-refractivity contribution in [1.82, 2.24) is 19.8 Å². The Labute approximate surface area is 188 Å². The van der Waals surface area contributed by atoms with Gasteiger partial charge in [0.25, 0.3) is 11.5 Å². The highest BCUT2D eigenvalue weighted by molar-refractivity contribution is 5.94. The summed E-state index contributed by atoms with van der Waals surface area (Å²) in [5, 5.41) is 3.38. The molecule has 0 atom stereocenters. The summed E-state index contributed by atoms with van der Waals surface area (Å²) in [7, 11) is 4.00. The Morgan fingerprint density at radius 2 is 2.00 bits per heavy atom. The van der Waals surface area contributed by atoms with Crippen LogP contribution in [-0.4, -0.2) is 54.1 Å². The first kappa shape index (κ1) is 23.2. The van der Waals surface area contributed by atoms with Gasteiger partial charge in [-0.05, 0) is 82.9 Å². The molecule has 0 saturated carbocycles. The average molecular weight is 435 g/mol. The fourth-order valence-electron chi connectivity index (χ4n) is 3.36. The van der Waals surface area contributed by atoms with Crippen molar-refractivity contribution in [3.8, 4) is 11.4 Å². The summed E-state index contributed by atoms with van der Waals surface area (Å²) in [5.74, 6) is 0.961. The SMILES string of the molecule is C=C(C)COc1ccc2nc(C)n(-c3cccc(C(=O)NCCCN(C)C)c3)c(=O)c2c1. The summed E-state index contributed by atoms with van der Waals surface area (Å²) in [4.78, 5) is 32.6. The topological polar surface area (TPSA) is 76.5 Å². The molecule has 2 aromatic carbocycles. The zero-order valence-corrected chi connectivity index (χ0v) is 19.1. The third-order valence-corrected chi connectivity index (χ3v) is 4.93. The normalized spacial score (nSPS) is 11.0. The van der Waals surface area contributed by atoms with E-state index in [1.54, 1.807) is 49.4 Å². The van der Waals surface area contributed by atoms with Crippen molar-refractivity contribution in [2.75, 3.05) is 33.8 Å². The molecule has 0 aliphatic heterocycles. The van der Waals surface area contributed by atoms with Crippen molar-refractivity contribution in [2.45, 2.75) is 20.3 Å². The zero-order valence-electron chi connectivity index (χ0n) is 19.1. The molecule has 0 aliphatic rings. The van der Waals surface area contributed by atoms with Gasteiger partial charge in [0, 0.05) is 12.1 Å². The predicted molar refractivity (Wildman–Crippen MR) is 128 cm³/mol. The second kappa shape index (κ2) is 10.2. The molecule has 1 amide bonds. The van der Waals surface area contributed by atoms with Crippen molar-refractivity contribution in [2.24, 2.45) is 0 Å². The fraction of sp³-hybridized carbons (Fsp3) is 0.320. The highest BCUT2D eigenvalue weighted by Crippen LogP contribution is 2.19. The molecular formula is C25H30N4O3. The Bertz CT molecular complexity index is 1200. The lowest BCUT2D eigenvalue weighted by Gasteiger charge is -2.13. The average Bonchev–Trinajstić information content (AvgIpc) is 2.75. The first-order chi connectivity index (χ1) is 15.3. The third kappa shape index (κ3) is 5.62. The standard InChI is InChI=1S/C25H30N4O3/c1-17(2)16-32-21-10-11-23-22(15-21)25(31)29(18(3)27-23)20-9-6-8-19(14-20)24(30)26-12-7-13-28(4)5/h6,8-11,14-15H,1,7,12-13,16H2,2-5H3,(H,26,30). The Morgan fingerprint density at radius 1 is 1.22 bits per heavy atom. The third-order valence-electron chi connectivity index (χ3n) is 4.93. The highest BCUT2D eigenvalue weighted by Gasteiger charge is 2.13. The van der Waals surface area contributed by atoms with Crippen LogP contribution in [0, 0.1) is 6.92 Å². The maximum Gasteiger partial charge on any atom is 0.266 e. The second-order valence-corrected chi connectivity index (χ2v) is 8.19. The molecule has 7 heteroatoms. The minimum absolute atomic E-state index is 0.166. The molecule has 3 rings (SSSR count). The molecule has 0 unspecified atom stereocenters. The lowest BCUT2D eigenvalue weighted by atomic mass is 10.1. The number of benzene rings is 2. The second-order valence-electron chi connectivity index (χ2n) is 8.19. The summed E-state index contributed by atoms with van der Waals surface area (Å²) in [6.45, 7) is 9.35. The summed E-state index contributed by atoms with van der Waals surface area (Å²) >= 11 is 0. The summed E-state index contributed by atoms with van der Waals surface area (Å²) in [6, 6.07) is 12.3. The molecule has 0 saturated heterocycles. The minimum atomic E-state index is -0.211. The van der Waals surface area contributed by atoms with E-state index in [4.69, 9.17) is 4.74 Å². The van der Waals surface area contributed by atoms with Crippen LogP contribution in [-0.2, 0) is 0 Å². The smallest absolute Gasteiger partial charge is 0.266 e. The van der Waals surface area contributed by atoms with Crippen LogP contribution in [0.5, 0.6) is 5.75 Å². The molecule has 0 radical (unpaired) electrons. The van der Waals surface area contributed by atoms with E-state index in [1.165, 1.54) is 4.57 Å². The number of hydrogen-bond donors (Lipinski definition) is 1. The molecule has 32 heavy (non-hydrogen) atoms. The van der Waals surface area contributed by atoms with E-state index in [2.05, 4.69) is 21.8 Å². The maximum absolute atomic E-state index is 13.3. The van der Waals surface area contributed by atoms with Gasteiger partial charge in [-0.15, -0.1) is 0 Å². The Kier molecular flexibility index (Phi) is 7.43. The van der Waals surface area contributed by atoms with Crippen LogP contribution in [0.3, 0.4) is 0 Å². The molecule has 3 aromatic rings. The number of rotatable bonds is 9. The Balaban J connectivity index is 1.91. The molecule has 1 aromatic heterocycles. The summed E-state index contributed by atoms with van der Waals surface area (Å²) in [5.41, 5.74) is 2.37. The molecule has 0 spiro atoms. The number of aryl methyl sites for hydroxylation is 1. The van der Waals surface area contributed by atoms with Crippen LogP contribution in [0.1, 0.15) is 29.5 Å². The van der Waals surface area contributed by atoms with Gasteiger partial charge in [0.05, 0.1) is 16.6 Å². The van der Waals surface area contributed by atoms with E-state index in [1.807, 2.05) is 21.0 Å². The van der Waals surface area contributed by atoms with E-state index in [-0.39, 0.29) is 11.5 Å². The number of hydrogen-bond acceptors (Lipinski definition) is 5. The zero-order chi connectivity index (χ0) is 23.3. The molecule has 7 nitrogen and oxygen atoms in total. The molecular weight excluding hydrogens is 404 g/mol. The quantitative estimate of drug-likeness (QED) is 0.413. The van der Waals surface area contributed by atoms with Crippen LogP contribution >= 0.6 is 0 Å². The first-order valence-electron chi connectivity index (χ1n) is 10.6. The molecule has 1 N–H and O–H groups in total. The predicted octanol–water partition coefficient (Wildman–Crippen LogP) is 3.33. The van der Waals surface area contributed by atoms with Gasteiger partial charge < -0.3 is 15.0 Å².